The van der Waals surface area contributed by atoms with E-state index in [2.05, 4.69) is 16.4 Å². The molecule has 0 spiro atoms. The third-order valence-electron chi connectivity index (χ3n) is 4.32. The summed E-state index contributed by atoms with van der Waals surface area (Å²) in [6, 6.07) is 13.8. The molecule has 2 aromatic rings. The van der Waals surface area contributed by atoms with E-state index in [1.165, 1.54) is 0 Å². The molecule has 3 rings (SSSR count). The van der Waals surface area contributed by atoms with Gasteiger partial charge in [0.05, 0.1) is 25.9 Å². The first-order chi connectivity index (χ1) is 13.5. The molecule has 1 unspecified atom stereocenters. The van der Waals surface area contributed by atoms with Gasteiger partial charge in [-0.1, -0.05) is 12.1 Å². The molecule has 0 aliphatic carbocycles. The molecule has 3 N–H and O–H groups in total. The van der Waals surface area contributed by atoms with Crippen LogP contribution in [-0.2, 0) is 11.3 Å². The van der Waals surface area contributed by atoms with Crippen LogP contribution in [0, 0.1) is 6.92 Å². The summed E-state index contributed by atoms with van der Waals surface area (Å²) in [4.78, 5) is 4.47. The molecule has 0 bridgehead atoms. The fourth-order valence-electron chi connectivity index (χ4n) is 2.93. The molecule has 6 heteroatoms. The van der Waals surface area contributed by atoms with Crippen LogP contribution in [0.4, 0.5) is 5.69 Å². The highest BCUT2D eigenvalue weighted by molar-refractivity contribution is 5.92. The molecule has 150 valence electrons. The highest BCUT2D eigenvalue weighted by atomic mass is 16.5. The van der Waals surface area contributed by atoms with Gasteiger partial charge in [-0.2, -0.15) is 0 Å². The highest BCUT2D eigenvalue weighted by Crippen LogP contribution is 2.24. The Morgan fingerprint density at radius 2 is 2.04 bits per heavy atom. The zero-order valence-electron chi connectivity index (χ0n) is 16.8. The number of nitrogens with one attached hydrogen (secondary N) is 1. The van der Waals surface area contributed by atoms with Gasteiger partial charge in [0.15, 0.2) is 5.96 Å². The first-order valence-corrected chi connectivity index (χ1v) is 9.67. The van der Waals surface area contributed by atoms with Crippen molar-refractivity contribution in [2.75, 3.05) is 18.5 Å². The maximum atomic E-state index is 6.11. The van der Waals surface area contributed by atoms with E-state index in [1.54, 1.807) is 0 Å². The minimum atomic E-state index is 0.103. The van der Waals surface area contributed by atoms with Crippen molar-refractivity contribution in [1.29, 1.82) is 0 Å². The molecular weight excluding hydrogens is 354 g/mol. The Balaban J connectivity index is 1.62. The van der Waals surface area contributed by atoms with Crippen molar-refractivity contribution in [3.63, 3.8) is 0 Å². The third kappa shape index (κ3) is 5.89. The second-order valence-electron chi connectivity index (χ2n) is 7.23. The number of hydrogen-bond donors (Lipinski definition) is 2. The Bertz CT molecular complexity index is 797. The second-order valence-corrected chi connectivity index (χ2v) is 7.23. The van der Waals surface area contributed by atoms with Gasteiger partial charge in [0, 0.05) is 17.7 Å². The van der Waals surface area contributed by atoms with E-state index in [0.717, 1.165) is 41.3 Å². The molecular formula is C22H29N3O3. The fourth-order valence-corrected chi connectivity index (χ4v) is 2.93. The van der Waals surface area contributed by atoms with Gasteiger partial charge in [-0.05, 0) is 56.7 Å². The summed E-state index contributed by atoms with van der Waals surface area (Å²) in [6.45, 7) is 7.88. The van der Waals surface area contributed by atoms with Crippen molar-refractivity contribution >= 4 is 11.6 Å². The van der Waals surface area contributed by atoms with E-state index in [4.69, 9.17) is 19.9 Å². The quantitative estimate of drug-likeness (QED) is 0.560. The van der Waals surface area contributed by atoms with Gasteiger partial charge in [-0.3, -0.25) is 0 Å². The lowest BCUT2D eigenvalue weighted by atomic mass is 10.1. The maximum Gasteiger partial charge on any atom is 0.193 e. The number of ether oxygens (including phenoxy) is 3. The predicted molar refractivity (Wildman–Crippen MR) is 112 cm³/mol. The fraction of sp³-hybridized carbons (Fsp3) is 0.409. The Hall–Kier alpha value is -2.73. The van der Waals surface area contributed by atoms with Crippen molar-refractivity contribution < 1.29 is 14.2 Å². The third-order valence-corrected chi connectivity index (χ3v) is 4.32. The van der Waals surface area contributed by atoms with Crippen LogP contribution in [0.15, 0.2) is 47.5 Å². The van der Waals surface area contributed by atoms with E-state index in [1.807, 2.05) is 57.2 Å². The Morgan fingerprint density at radius 3 is 2.71 bits per heavy atom. The molecule has 0 amide bonds. The number of nitrogens with zero attached hydrogens (tertiary/aromatic N) is 1. The molecule has 1 aliphatic rings. The summed E-state index contributed by atoms with van der Waals surface area (Å²) in [5, 5.41) is 3.11. The highest BCUT2D eigenvalue weighted by Gasteiger charge is 2.18. The van der Waals surface area contributed by atoms with Crippen molar-refractivity contribution in [3.8, 4) is 11.5 Å². The van der Waals surface area contributed by atoms with E-state index in [-0.39, 0.29) is 12.2 Å². The zero-order valence-corrected chi connectivity index (χ0v) is 16.8. The minimum Gasteiger partial charge on any atom is -0.491 e. The van der Waals surface area contributed by atoms with Gasteiger partial charge in [0.2, 0.25) is 0 Å². The molecule has 6 nitrogen and oxygen atoms in total. The number of anilines is 1. The van der Waals surface area contributed by atoms with E-state index in [9.17, 15) is 0 Å². The van der Waals surface area contributed by atoms with Gasteiger partial charge in [0.25, 0.3) is 0 Å². The first kappa shape index (κ1) is 20.0. The molecule has 1 atom stereocenters. The van der Waals surface area contributed by atoms with Crippen LogP contribution in [0.3, 0.4) is 0 Å². The number of aryl methyl sites for hydroxylation is 1. The van der Waals surface area contributed by atoms with Crippen LogP contribution >= 0.6 is 0 Å². The summed E-state index contributed by atoms with van der Waals surface area (Å²) in [7, 11) is 0. The van der Waals surface area contributed by atoms with E-state index < -0.39 is 0 Å². The van der Waals surface area contributed by atoms with Crippen molar-refractivity contribution in [1.82, 2.24) is 0 Å². The van der Waals surface area contributed by atoms with Crippen LogP contribution < -0.4 is 20.5 Å². The zero-order chi connectivity index (χ0) is 19.9. The number of rotatable bonds is 7. The molecule has 28 heavy (non-hydrogen) atoms. The standard InChI is InChI=1S/C22H29N3O3/c1-15(2)27-19-8-6-18(7-9-19)25-22(23)24-13-17-5-4-16(3)12-21(17)28-20-10-11-26-14-20/h4-9,12,15,20H,10-11,13-14H2,1-3H3,(H3,23,24,25). The van der Waals surface area contributed by atoms with Crippen LogP contribution in [0.1, 0.15) is 31.4 Å². The lowest BCUT2D eigenvalue weighted by molar-refractivity contribution is 0.140. The number of hydrogen-bond acceptors (Lipinski definition) is 4. The number of guanidine groups is 1. The lowest BCUT2D eigenvalue weighted by Gasteiger charge is -2.16. The number of benzene rings is 2. The van der Waals surface area contributed by atoms with Crippen LogP contribution in [0.2, 0.25) is 0 Å². The smallest absolute Gasteiger partial charge is 0.193 e. The van der Waals surface area contributed by atoms with Crippen molar-refractivity contribution in [2.45, 2.75) is 45.9 Å². The minimum absolute atomic E-state index is 0.103. The first-order valence-electron chi connectivity index (χ1n) is 9.67. The predicted octanol–water partition coefficient (Wildman–Crippen LogP) is 3.88. The molecule has 0 radical (unpaired) electrons. The monoisotopic (exact) mass is 383 g/mol. The summed E-state index contributed by atoms with van der Waals surface area (Å²) in [5.74, 6) is 2.03. The average molecular weight is 383 g/mol. The number of nitrogens with two attached hydrogens (primary N) is 1. The largest absolute Gasteiger partial charge is 0.491 e. The average Bonchev–Trinajstić information content (AvgIpc) is 3.15. The molecule has 1 fully saturated rings. The van der Waals surface area contributed by atoms with Crippen LogP contribution in [0.25, 0.3) is 0 Å². The molecule has 1 heterocycles. The Kier molecular flexibility index (Phi) is 6.76. The van der Waals surface area contributed by atoms with Crippen molar-refractivity contribution in [3.05, 3.63) is 53.6 Å². The second kappa shape index (κ2) is 9.46. The van der Waals surface area contributed by atoms with Crippen LogP contribution in [-0.4, -0.2) is 31.4 Å². The maximum absolute atomic E-state index is 6.11. The van der Waals surface area contributed by atoms with Gasteiger partial charge in [-0.15, -0.1) is 0 Å². The number of aliphatic imine (C=N–C) groups is 1. The summed E-state index contributed by atoms with van der Waals surface area (Å²) in [5.41, 5.74) is 9.08. The van der Waals surface area contributed by atoms with E-state index >= 15 is 0 Å². The summed E-state index contributed by atoms with van der Waals surface area (Å²) >= 11 is 0. The summed E-state index contributed by atoms with van der Waals surface area (Å²) < 4.78 is 17.2. The van der Waals surface area contributed by atoms with Gasteiger partial charge < -0.3 is 25.3 Å². The molecule has 2 aromatic carbocycles. The summed E-state index contributed by atoms with van der Waals surface area (Å²) in [6.07, 6.45) is 1.16. The van der Waals surface area contributed by atoms with E-state index in [0.29, 0.717) is 19.1 Å². The molecule has 0 saturated carbocycles. The molecule has 0 aromatic heterocycles. The lowest BCUT2D eigenvalue weighted by Crippen LogP contribution is -2.22. The topological polar surface area (TPSA) is 78.1 Å². The Labute approximate surface area is 166 Å². The molecule has 1 saturated heterocycles. The van der Waals surface area contributed by atoms with Crippen molar-refractivity contribution in [2.24, 2.45) is 10.7 Å². The van der Waals surface area contributed by atoms with Crippen LogP contribution in [0.5, 0.6) is 11.5 Å². The Morgan fingerprint density at radius 1 is 1.25 bits per heavy atom. The van der Waals surface area contributed by atoms with Gasteiger partial charge in [-0.25, -0.2) is 4.99 Å². The normalized spacial score (nSPS) is 17.0. The van der Waals surface area contributed by atoms with Gasteiger partial charge in [0.1, 0.15) is 17.6 Å². The SMILES string of the molecule is Cc1ccc(CN=C(N)Nc2ccc(OC(C)C)cc2)c(OC2CCOC2)c1. The molecule has 1 aliphatic heterocycles. The van der Waals surface area contributed by atoms with Gasteiger partial charge >= 0.3 is 0 Å².